The lowest BCUT2D eigenvalue weighted by atomic mass is 10.3. The minimum Gasteiger partial charge on any atom is -0.480 e. The molecule has 2 rings (SSSR count). The summed E-state index contributed by atoms with van der Waals surface area (Å²) in [6.07, 6.45) is 0. The van der Waals surface area contributed by atoms with Gasteiger partial charge in [-0.3, -0.25) is 0 Å². The first kappa shape index (κ1) is 9.73. The van der Waals surface area contributed by atoms with Crippen LogP contribution in [0.4, 0.5) is 0 Å². The highest BCUT2D eigenvalue weighted by molar-refractivity contribution is 5.34. The molecule has 0 aliphatic rings. The van der Waals surface area contributed by atoms with E-state index in [1.54, 1.807) is 11.8 Å². The summed E-state index contributed by atoms with van der Waals surface area (Å²) >= 11 is 0. The van der Waals surface area contributed by atoms with Gasteiger partial charge in [0.15, 0.2) is 0 Å². The fraction of sp³-hybridized carbons (Fsp3) is 0.182. The summed E-state index contributed by atoms with van der Waals surface area (Å²) in [4.78, 5) is 0. The molecule has 0 aliphatic heterocycles. The summed E-state index contributed by atoms with van der Waals surface area (Å²) in [5.41, 5.74) is 7.56. The van der Waals surface area contributed by atoms with Crippen LogP contribution < -0.4 is 10.5 Å². The van der Waals surface area contributed by atoms with Crippen molar-refractivity contribution in [3.8, 4) is 11.6 Å². The van der Waals surface area contributed by atoms with Gasteiger partial charge in [-0.25, -0.2) is 4.68 Å². The number of nitrogens with zero attached hydrogens (tertiary/aromatic N) is 2. The van der Waals surface area contributed by atoms with E-state index in [1.807, 2.05) is 36.4 Å². The predicted molar refractivity (Wildman–Crippen MR) is 58.0 cm³/mol. The lowest BCUT2D eigenvalue weighted by Crippen LogP contribution is -2.06. The van der Waals surface area contributed by atoms with E-state index in [9.17, 15) is 0 Å². The van der Waals surface area contributed by atoms with E-state index in [1.165, 1.54) is 0 Å². The van der Waals surface area contributed by atoms with Gasteiger partial charge in [-0.05, 0) is 12.1 Å². The zero-order chi connectivity index (χ0) is 10.7. The second-order valence-corrected chi connectivity index (χ2v) is 3.13. The average molecular weight is 203 g/mol. The lowest BCUT2D eigenvalue weighted by molar-refractivity contribution is 0.394. The second kappa shape index (κ2) is 4.14. The summed E-state index contributed by atoms with van der Waals surface area (Å²) in [6, 6.07) is 11.7. The maximum Gasteiger partial charge on any atom is 0.233 e. The maximum atomic E-state index is 5.64. The molecule has 0 fully saturated rings. The fourth-order valence-electron chi connectivity index (χ4n) is 1.43. The molecular formula is C11H13N3O. The summed E-state index contributed by atoms with van der Waals surface area (Å²) in [5.74, 6) is 0.583. The minimum absolute atomic E-state index is 0.436. The Balaban J connectivity index is 2.47. The lowest BCUT2D eigenvalue weighted by Gasteiger charge is -2.04. The Hall–Kier alpha value is -1.81. The minimum atomic E-state index is 0.436. The Labute approximate surface area is 88.3 Å². The van der Waals surface area contributed by atoms with Crippen molar-refractivity contribution in [2.24, 2.45) is 5.73 Å². The molecule has 4 heteroatoms. The van der Waals surface area contributed by atoms with Crippen LogP contribution in [0, 0.1) is 0 Å². The number of ether oxygens (including phenoxy) is 1. The molecule has 0 saturated heterocycles. The molecule has 15 heavy (non-hydrogen) atoms. The number of nitrogens with two attached hydrogens (primary N) is 1. The van der Waals surface area contributed by atoms with E-state index in [2.05, 4.69) is 5.10 Å². The van der Waals surface area contributed by atoms with Gasteiger partial charge in [0.1, 0.15) is 0 Å². The summed E-state index contributed by atoms with van der Waals surface area (Å²) in [6.45, 7) is 0.436. The quantitative estimate of drug-likeness (QED) is 0.819. The summed E-state index contributed by atoms with van der Waals surface area (Å²) < 4.78 is 6.86. The van der Waals surface area contributed by atoms with Gasteiger partial charge in [-0.2, -0.15) is 0 Å². The summed E-state index contributed by atoms with van der Waals surface area (Å²) in [7, 11) is 1.60. The molecule has 0 bridgehead atoms. The molecule has 0 unspecified atom stereocenters. The highest BCUT2D eigenvalue weighted by Crippen LogP contribution is 2.16. The van der Waals surface area contributed by atoms with Crippen molar-refractivity contribution in [2.45, 2.75) is 6.54 Å². The van der Waals surface area contributed by atoms with Crippen LogP contribution >= 0.6 is 0 Å². The predicted octanol–water partition coefficient (Wildman–Crippen LogP) is 1.34. The standard InChI is InChI=1S/C11H13N3O/c1-15-11-7-10(8-12)14(13-11)9-5-3-2-4-6-9/h2-7H,8,12H2,1H3. The van der Waals surface area contributed by atoms with Crippen LogP contribution in [-0.2, 0) is 6.54 Å². The molecule has 4 nitrogen and oxygen atoms in total. The van der Waals surface area contributed by atoms with Crippen LogP contribution in [0.25, 0.3) is 5.69 Å². The van der Waals surface area contributed by atoms with Gasteiger partial charge in [0.05, 0.1) is 18.5 Å². The van der Waals surface area contributed by atoms with Crippen LogP contribution in [0.3, 0.4) is 0 Å². The zero-order valence-electron chi connectivity index (χ0n) is 8.55. The normalized spacial score (nSPS) is 10.3. The van der Waals surface area contributed by atoms with Gasteiger partial charge < -0.3 is 10.5 Å². The first-order valence-corrected chi connectivity index (χ1v) is 4.73. The van der Waals surface area contributed by atoms with Gasteiger partial charge >= 0.3 is 0 Å². The van der Waals surface area contributed by atoms with Crippen molar-refractivity contribution in [3.63, 3.8) is 0 Å². The smallest absolute Gasteiger partial charge is 0.233 e. The van der Waals surface area contributed by atoms with E-state index >= 15 is 0 Å². The molecule has 0 amide bonds. The number of methoxy groups -OCH3 is 1. The molecule has 78 valence electrons. The number of aromatic nitrogens is 2. The Bertz CT molecular complexity index is 436. The molecule has 1 aromatic heterocycles. The van der Waals surface area contributed by atoms with Crippen molar-refractivity contribution in [1.29, 1.82) is 0 Å². The van der Waals surface area contributed by atoms with E-state index in [0.29, 0.717) is 12.4 Å². The summed E-state index contributed by atoms with van der Waals surface area (Å²) in [5, 5.41) is 4.28. The van der Waals surface area contributed by atoms with Crippen LogP contribution in [0.2, 0.25) is 0 Å². The van der Waals surface area contributed by atoms with Crippen molar-refractivity contribution in [2.75, 3.05) is 7.11 Å². The number of benzene rings is 1. The molecular weight excluding hydrogens is 190 g/mol. The number of hydrogen-bond acceptors (Lipinski definition) is 3. The Morgan fingerprint density at radius 2 is 2.07 bits per heavy atom. The Morgan fingerprint density at radius 3 is 2.67 bits per heavy atom. The van der Waals surface area contributed by atoms with Crippen LogP contribution in [0.1, 0.15) is 5.69 Å². The van der Waals surface area contributed by atoms with Gasteiger partial charge in [-0.1, -0.05) is 18.2 Å². The molecule has 0 atom stereocenters. The molecule has 0 saturated carbocycles. The van der Waals surface area contributed by atoms with Gasteiger partial charge in [0.2, 0.25) is 5.88 Å². The van der Waals surface area contributed by atoms with Crippen molar-refractivity contribution >= 4 is 0 Å². The molecule has 0 aliphatic carbocycles. The second-order valence-electron chi connectivity index (χ2n) is 3.13. The van der Waals surface area contributed by atoms with Gasteiger partial charge in [0, 0.05) is 12.6 Å². The van der Waals surface area contributed by atoms with Gasteiger partial charge in [0.25, 0.3) is 0 Å². The van der Waals surface area contributed by atoms with Crippen molar-refractivity contribution in [1.82, 2.24) is 9.78 Å². The molecule has 2 N–H and O–H groups in total. The highest BCUT2D eigenvalue weighted by atomic mass is 16.5. The molecule has 0 radical (unpaired) electrons. The Kier molecular flexibility index (Phi) is 2.69. The van der Waals surface area contributed by atoms with E-state index < -0.39 is 0 Å². The van der Waals surface area contributed by atoms with E-state index in [-0.39, 0.29) is 0 Å². The van der Waals surface area contributed by atoms with E-state index in [4.69, 9.17) is 10.5 Å². The van der Waals surface area contributed by atoms with Crippen LogP contribution in [0.5, 0.6) is 5.88 Å². The SMILES string of the molecule is COc1cc(CN)n(-c2ccccc2)n1. The maximum absolute atomic E-state index is 5.64. The fourth-order valence-corrected chi connectivity index (χ4v) is 1.43. The van der Waals surface area contributed by atoms with Crippen molar-refractivity contribution < 1.29 is 4.74 Å². The topological polar surface area (TPSA) is 53.1 Å². The third-order valence-corrected chi connectivity index (χ3v) is 2.18. The monoisotopic (exact) mass is 203 g/mol. The number of hydrogen-bond donors (Lipinski definition) is 1. The third kappa shape index (κ3) is 1.85. The Morgan fingerprint density at radius 1 is 1.33 bits per heavy atom. The van der Waals surface area contributed by atoms with Crippen LogP contribution in [-0.4, -0.2) is 16.9 Å². The average Bonchev–Trinajstić information content (AvgIpc) is 2.73. The molecule has 0 spiro atoms. The van der Waals surface area contributed by atoms with Crippen LogP contribution in [0.15, 0.2) is 36.4 Å². The number of rotatable bonds is 3. The van der Waals surface area contributed by atoms with E-state index in [0.717, 1.165) is 11.4 Å². The largest absolute Gasteiger partial charge is 0.480 e. The zero-order valence-corrected chi connectivity index (χ0v) is 8.55. The molecule has 2 aromatic rings. The third-order valence-electron chi connectivity index (χ3n) is 2.18. The molecule has 1 heterocycles. The van der Waals surface area contributed by atoms with Crippen molar-refractivity contribution in [3.05, 3.63) is 42.1 Å². The van der Waals surface area contributed by atoms with Gasteiger partial charge in [-0.15, -0.1) is 5.10 Å². The number of para-hydroxylation sites is 1. The highest BCUT2D eigenvalue weighted by Gasteiger charge is 2.07. The molecule has 1 aromatic carbocycles. The first-order valence-electron chi connectivity index (χ1n) is 4.73. The first-order chi connectivity index (χ1) is 7.35.